The van der Waals surface area contributed by atoms with Crippen molar-refractivity contribution in [2.45, 2.75) is 25.7 Å². The van der Waals surface area contributed by atoms with Crippen molar-refractivity contribution in [3.8, 4) is 22.6 Å². The minimum atomic E-state index is -4.73. The highest BCUT2D eigenvalue weighted by atomic mass is 35.5. The minimum absolute atomic E-state index is 0. The summed E-state index contributed by atoms with van der Waals surface area (Å²) >= 11 is 0. The summed E-state index contributed by atoms with van der Waals surface area (Å²) in [4.78, 5) is 0. The molecule has 1 aliphatic rings. The summed E-state index contributed by atoms with van der Waals surface area (Å²) in [5.74, 6) is 0.535. The molecule has 1 saturated carbocycles. The van der Waals surface area contributed by atoms with E-state index in [2.05, 4.69) is 9.84 Å². The second-order valence-corrected chi connectivity index (χ2v) is 5.74. The lowest BCUT2D eigenvalue weighted by Crippen LogP contribution is -2.17. The third kappa shape index (κ3) is 5.54. The van der Waals surface area contributed by atoms with Gasteiger partial charge in [-0.25, -0.2) is 0 Å². The van der Waals surface area contributed by atoms with Gasteiger partial charge in [0.15, 0.2) is 0 Å². The number of rotatable bonds is 7. The Morgan fingerprint density at radius 1 is 1.28 bits per heavy atom. The van der Waals surface area contributed by atoms with E-state index in [0.717, 1.165) is 18.4 Å². The molecule has 5 nitrogen and oxygen atoms in total. The van der Waals surface area contributed by atoms with E-state index in [1.165, 1.54) is 12.1 Å². The number of hydrogen-bond donors (Lipinski definition) is 1. The Morgan fingerprint density at radius 2 is 2.04 bits per heavy atom. The highest BCUT2D eigenvalue weighted by Gasteiger charge is 2.31. The van der Waals surface area contributed by atoms with E-state index in [1.54, 1.807) is 23.1 Å². The topological polar surface area (TPSA) is 62.3 Å². The van der Waals surface area contributed by atoms with Gasteiger partial charge in [0, 0.05) is 29.9 Å². The molecule has 0 aliphatic heterocycles. The zero-order valence-corrected chi connectivity index (χ0v) is 14.1. The van der Waals surface area contributed by atoms with E-state index in [0.29, 0.717) is 36.9 Å². The van der Waals surface area contributed by atoms with Crippen LogP contribution < -0.4 is 15.2 Å². The monoisotopic (exact) mass is 377 g/mol. The fraction of sp³-hybridized carbons (Fsp3) is 0.438. The van der Waals surface area contributed by atoms with Crippen LogP contribution >= 0.6 is 12.4 Å². The van der Waals surface area contributed by atoms with Crippen molar-refractivity contribution in [2.75, 3.05) is 13.2 Å². The smallest absolute Gasteiger partial charge is 0.493 e. The molecular formula is C16H19ClF3N3O2. The molecule has 3 rings (SSSR count). The highest BCUT2D eigenvalue weighted by Crippen LogP contribution is 2.37. The van der Waals surface area contributed by atoms with Crippen LogP contribution in [0.3, 0.4) is 0 Å². The number of ether oxygens (including phenoxy) is 2. The van der Waals surface area contributed by atoms with Crippen molar-refractivity contribution in [3.63, 3.8) is 0 Å². The Morgan fingerprint density at radius 3 is 2.68 bits per heavy atom. The first kappa shape index (κ1) is 19.4. The van der Waals surface area contributed by atoms with Crippen molar-refractivity contribution in [1.29, 1.82) is 0 Å². The Hall–Kier alpha value is -1.93. The SMILES string of the molecule is Cl.NCCn1cc(-c2ccc(OC(F)(F)F)cc2OCC2CC2)cn1. The van der Waals surface area contributed by atoms with Crippen LogP contribution in [0.5, 0.6) is 11.5 Å². The standard InChI is InChI=1S/C16H18F3N3O2.ClH/c17-16(18,19)24-13-3-4-14(12-8-21-22(9-12)6-5-20)15(7-13)23-10-11-1-2-11;/h3-4,7-9,11H,1-2,5-6,10,20H2;1H. The predicted octanol–water partition coefficient (Wildman–Crippen LogP) is 3.62. The summed E-state index contributed by atoms with van der Waals surface area (Å²) in [7, 11) is 0. The molecular weight excluding hydrogens is 359 g/mol. The molecule has 9 heteroatoms. The Bertz CT molecular complexity index is 702. The lowest BCUT2D eigenvalue weighted by molar-refractivity contribution is -0.274. The van der Waals surface area contributed by atoms with Crippen LogP contribution in [0.25, 0.3) is 11.1 Å². The summed E-state index contributed by atoms with van der Waals surface area (Å²) in [5, 5.41) is 4.18. The molecule has 2 aromatic rings. The lowest BCUT2D eigenvalue weighted by Gasteiger charge is -2.14. The Balaban J connectivity index is 0.00000225. The molecule has 0 bridgehead atoms. The van der Waals surface area contributed by atoms with Gasteiger partial charge in [0.05, 0.1) is 19.3 Å². The number of nitrogens with two attached hydrogens (primary N) is 1. The average molecular weight is 378 g/mol. The fourth-order valence-electron chi connectivity index (χ4n) is 2.31. The van der Waals surface area contributed by atoms with Crippen LogP contribution in [0.15, 0.2) is 30.6 Å². The van der Waals surface area contributed by atoms with Crippen molar-refractivity contribution in [1.82, 2.24) is 9.78 Å². The third-order valence-corrected chi connectivity index (χ3v) is 3.66. The second kappa shape index (κ2) is 7.97. The molecule has 0 saturated heterocycles. The van der Waals surface area contributed by atoms with E-state index in [1.807, 2.05) is 0 Å². The van der Waals surface area contributed by atoms with Gasteiger partial charge in [-0.3, -0.25) is 4.68 Å². The number of benzene rings is 1. The fourth-order valence-corrected chi connectivity index (χ4v) is 2.31. The first-order chi connectivity index (χ1) is 11.4. The van der Waals surface area contributed by atoms with Crippen LogP contribution in [0.4, 0.5) is 13.2 Å². The normalized spacial score (nSPS) is 14.1. The molecule has 1 aromatic carbocycles. The van der Waals surface area contributed by atoms with E-state index in [9.17, 15) is 13.2 Å². The molecule has 0 radical (unpaired) electrons. The van der Waals surface area contributed by atoms with Gasteiger partial charge >= 0.3 is 6.36 Å². The van der Waals surface area contributed by atoms with Gasteiger partial charge in [-0.05, 0) is 30.9 Å². The van der Waals surface area contributed by atoms with E-state index >= 15 is 0 Å². The first-order valence-electron chi connectivity index (χ1n) is 7.70. The zero-order valence-electron chi connectivity index (χ0n) is 13.3. The summed E-state index contributed by atoms with van der Waals surface area (Å²) in [6.07, 6.45) is 0.863. The number of halogens is 4. The Labute approximate surface area is 149 Å². The summed E-state index contributed by atoms with van der Waals surface area (Å²) < 4.78 is 48.7. The molecule has 0 spiro atoms. The van der Waals surface area contributed by atoms with Crippen molar-refractivity contribution in [3.05, 3.63) is 30.6 Å². The number of nitrogens with zero attached hydrogens (tertiary/aromatic N) is 2. The number of alkyl halides is 3. The van der Waals surface area contributed by atoms with E-state index in [4.69, 9.17) is 10.5 Å². The highest BCUT2D eigenvalue weighted by molar-refractivity contribution is 5.85. The molecule has 0 amide bonds. The van der Waals surface area contributed by atoms with Crippen molar-refractivity contribution in [2.24, 2.45) is 11.7 Å². The maximum atomic E-state index is 12.4. The molecule has 2 N–H and O–H groups in total. The van der Waals surface area contributed by atoms with Crippen LogP contribution in [0, 0.1) is 5.92 Å². The van der Waals surface area contributed by atoms with Crippen molar-refractivity contribution >= 4 is 12.4 Å². The van der Waals surface area contributed by atoms with Gasteiger partial charge < -0.3 is 15.2 Å². The molecule has 0 atom stereocenters. The van der Waals surface area contributed by atoms with E-state index < -0.39 is 6.36 Å². The lowest BCUT2D eigenvalue weighted by atomic mass is 10.1. The quantitative estimate of drug-likeness (QED) is 0.800. The largest absolute Gasteiger partial charge is 0.573 e. The van der Waals surface area contributed by atoms with Gasteiger partial charge in [0.1, 0.15) is 11.5 Å². The van der Waals surface area contributed by atoms with E-state index in [-0.39, 0.29) is 18.2 Å². The predicted molar refractivity (Wildman–Crippen MR) is 88.9 cm³/mol. The number of aromatic nitrogens is 2. The van der Waals surface area contributed by atoms with Gasteiger partial charge in [-0.15, -0.1) is 25.6 Å². The van der Waals surface area contributed by atoms with Crippen LogP contribution in [0.2, 0.25) is 0 Å². The second-order valence-electron chi connectivity index (χ2n) is 5.74. The minimum Gasteiger partial charge on any atom is -0.493 e. The van der Waals surface area contributed by atoms with Gasteiger partial charge in [0.2, 0.25) is 0 Å². The molecule has 1 aliphatic carbocycles. The maximum Gasteiger partial charge on any atom is 0.573 e. The maximum absolute atomic E-state index is 12.4. The average Bonchev–Trinajstić information content (AvgIpc) is 3.22. The number of hydrogen-bond acceptors (Lipinski definition) is 4. The van der Waals surface area contributed by atoms with Crippen LogP contribution in [0.1, 0.15) is 12.8 Å². The molecule has 1 aromatic heterocycles. The molecule has 25 heavy (non-hydrogen) atoms. The summed E-state index contributed by atoms with van der Waals surface area (Å²) in [6, 6.07) is 4.09. The Kier molecular flexibility index (Phi) is 6.18. The summed E-state index contributed by atoms with van der Waals surface area (Å²) in [5.41, 5.74) is 6.93. The molecule has 138 valence electrons. The van der Waals surface area contributed by atoms with Gasteiger partial charge in [-0.1, -0.05) is 0 Å². The summed E-state index contributed by atoms with van der Waals surface area (Å²) in [6.45, 7) is 1.50. The third-order valence-electron chi connectivity index (χ3n) is 3.66. The van der Waals surface area contributed by atoms with Gasteiger partial charge in [0.25, 0.3) is 0 Å². The van der Waals surface area contributed by atoms with Crippen molar-refractivity contribution < 1.29 is 22.6 Å². The molecule has 1 fully saturated rings. The first-order valence-corrected chi connectivity index (χ1v) is 7.70. The zero-order chi connectivity index (χ0) is 17.2. The van der Waals surface area contributed by atoms with Crippen LogP contribution in [-0.2, 0) is 6.54 Å². The molecule has 0 unspecified atom stereocenters. The van der Waals surface area contributed by atoms with Crippen LogP contribution in [-0.4, -0.2) is 29.3 Å². The van der Waals surface area contributed by atoms with Gasteiger partial charge in [-0.2, -0.15) is 5.10 Å². The molecule has 1 heterocycles.